The van der Waals surface area contributed by atoms with Gasteiger partial charge in [-0.05, 0) is 51.5 Å². The molecule has 0 atom stereocenters. The SMILES string of the molecule is Cc1cc(C)n(Cc2cccc(NC(=O)CCn3nc(C)c(Cl)c3C)c2)n1. The number of nitrogens with one attached hydrogen (secondary N) is 1. The third kappa shape index (κ3) is 4.57. The van der Waals surface area contributed by atoms with E-state index in [-0.39, 0.29) is 5.91 Å². The van der Waals surface area contributed by atoms with Crippen molar-refractivity contribution in [1.29, 1.82) is 0 Å². The van der Waals surface area contributed by atoms with Gasteiger partial charge in [0, 0.05) is 17.8 Å². The van der Waals surface area contributed by atoms with Crippen molar-refractivity contribution in [1.82, 2.24) is 19.6 Å². The second-order valence-corrected chi connectivity index (χ2v) is 7.17. The van der Waals surface area contributed by atoms with Crippen LogP contribution in [0.1, 0.15) is 34.8 Å². The maximum atomic E-state index is 12.3. The van der Waals surface area contributed by atoms with Gasteiger partial charge in [0.15, 0.2) is 0 Å². The lowest BCUT2D eigenvalue weighted by Crippen LogP contribution is -2.16. The van der Waals surface area contributed by atoms with E-state index < -0.39 is 0 Å². The van der Waals surface area contributed by atoms with Gasteiger partial charge in [-0.15, -0.1) is 0 Å². The summed E-state index contributed by atoms with van der Waals surface area (Å²) in [6.07, 6.45) is 0.333. The first-order valence-electron chi connectivity index (χ1n) is 8.93. The predicted octanol–water partition coefficient (Wildman–Crippen LogP) is 4.04. The molecule has 27 heavy (non-hydrogen) atoms. The third-order valence-electron chi connectivity index (χ3n) is 4.49. The van der Waals surface area contributed by atoms with Gasteiger partial charge < -0.3 is 5.32 Å². The molecule has 0 saturated heterocycles. The molecular formula is C20H24ClN5O. The van der Waals surface area contributed by atoms with Gasteiger partial charge in [0.1, 0.15) is 0 Å². The number of benzene rings is 1. The quantitative estimate of drug-likeness (QED) is 0.696. The summed E-state index contributed by atoms with van der Waals surface area (Å²) in [4.78, 5) is 12.3. The zero-order valence-electron chi connectivity index (χ0n) is 16.1. The Kier molecular flexibility index (Phi) is 5.65. The number of hydrogen-bond acceptors (Lipinski definition) is 3. The maximum absolute atomic E-state index is 12.3. The van der Waals surface area contributed by atoms with Crippen molar-refractivity contribution < 1.29 is 4.79 Å². The average molecular weight is 386 g/mol. The Balaban J connectivity index is 1.61. The van der Waals surface area contributed by atoms with Crippen LogP contribution in [0.5, 0.6) is 0 Å². The Morgan fingerprint density at radius 2 is 1.89 bits per heavy atom. The Bertz CT molecular complexity index is 973. The number of nitrogens with zero attached hydrogens (tertiary/aromatic N) is 4. The van der Waals surface area contributed by atoms with Crippen LogP contribution < -0.4 is 5.32 Å². The van der Waals surface area contributed by atoms with E-state index in [1.165, 1.54) is 0 Å². The van der Waals surface area contributed by atoms with Gasteiger partial charge in [-0.3, -0.25) is 14.2 Å². The smallest absolute Gasteiger partial charge is 0.226 e. The summed E-state index contributed by atoms with van der Waals surface area (Å²) in [5.74, 6) is -0.0538. The molecule has 2 heterocycles. The van der Waals surface area contributed by atoms with Crippen molar-refractivity contribution in [3.63, 3.8) is 0 Å². The highest BCUT2D eigenvalue weighted by Gasteiger charge is 2.11. The van der Waals surface area contributed by atoms with E-state index in [0.29, 0.717) is 24.5 Å². The molecule has 3 rings (SSSR count). The second-order valence-electron chi connectivity index (χ2n) is 6.79. The molecule has 0 aliphatic heterocycles. The highest BCUT2D eigenvalue weighted by Crippen LogP contribution is 2.19. The molecule has 3 aromatic rings. The molecule has 7 heteroatoms. The fourth-order valence-electron chi connectivity index (χ4n) is 3.08. The first kappa shape index (κ1) is 19.2. The lowest BCUT2D eigenvalue weighted by atomic mass is 10.2. The summed E-state index contributed by atoms with van der Waals surface area (Å²) >= 11 is 6.15. The van der Waals surface area contributed by atoms with Gasteiger partial charge >= 0.3 is 0 Å². The van der Waals surface area contributed by atoms with E-state index in [1.54, 1.807) is 4.68 Å². The number of aromatic nitrogens is 4. The molecule has 0 unspecified atom stereocenters. The standard InChI is InChI=1S/C20H24ClN5O/c1-13-10-14(2)26(23-13)12-17-6-5-7-18(11-17)22-19(27)8-9-25-16(4)20(21)15(3)24-25/h5-7,10-11H,8-9,12H2,1-4H3,(H,22,27). The van der Waals surface area contributed by atoms with Gasteiger partial charge in [0.2, 0.25) is 5.91 Å². The van der Waals surface area contributed by atoms with Crippen molar-refractivity contribution in [2.24, 2.45) is 0 Å². The number of amides is 1. The zero-order chi connectivity index (χ0) is 19.6. The predicted molar refractivity (Wildman–Crippen MR) is 107 cm³/mol. The third-order valence-corrected chi connectivity index (χ3v) is 5.04. The summed E-state index contributed by atoms with van der Waals surface area (Å²) in [5.41, 5.74) is 5.65. The Labute approximate surface area is 164 Å². The van der Waals surface area contributed by atoms with Crippen LogP contribution in [0.15, 0.2) is 30.3 Å². The number of aryl methyl sites for hydroxylation is 4. The molecule has 142 valence electrons. The van der Waals surface area contributed by atoms with Crippen molar-refractivity contribution in [2.45, 2.75) is 47.2 Å². The molecule has 0 saturated carbocycles. The molecule has 0 fully saturated rings. The Morgan fingerprint density at radius 3 is 2.52 bits per heavy atom. The molecule has 0 spiro atoms. The minimum Gasteiger partial charge on any atom is -0.326 e. The van der Waals surface area contributed by atoms with Gasteiger partial charge in [-0.25, -0.2) is 0 Å². The van der Waals surface area contributed by atoms with Gasteiger partial charge in [-0.1, -0.05) is 23.7 Å². The van der Waals surface area contributed by atoms with Crippen LogP contribution >= 0.6 is 11.6 Å². The van der Waals surface area contributed by atoms with Gasteiger partial charge in [0.05, 0.1) is 35.2 Å². The molecule has 0 aliphatic carbocycles. The van der Waals surface area contributed by atoms with Crippen molar-refractivity contribution in [3.05, 3.63) is 63.7 Å². The first-order valence-corrected chi connectivity index (χ1v) is 9.30. The fourth-order valence-corrected chi connectivity index (χ4v) is 3.21. The summed E-state index contributed by atoms with van der Waals surface area (Å²) in [6.45, 7) is 8.96. The molecule has 1 N–H and O–H groups in total. The maximum Gasteiger partial charge on any atom is 0.226 e. The van der Waals surface area contributed by atoms with Crippen molar-refractivity contribution in [3.8, 4) is 0 Å². The van der Waals surface area contributed by atoms with Crippen LogP contribution in [0.3, 0.4) is 0 Å². The lowest BCUT2D eigenvalue weighted by molar-refractivity contribution is -0.116. The van der Waals surface area contributed by atoms with E-state index in [0.717, 1.165) is 34.0 Å². The minimum absolute atomic E-state index is 0.0538. The summed E-state index contributed by atoms with van der Waals surface area (Å²) in [6, 6.07) is 9.90. The number of carbonyl (C=O) groups is 1. The van der Waals surface area contributed by atoms with E-state index >= 15 is 0 Å². The van der Waals surface area contributed by atoms with E-state index in [4.69, 9.17) is 11.6 Å². The van der Waals surface area contributed by atoms with E-state index in [1.807, 2.05) is 56.6 Å². The fraction of sp³-hybridized carbons (Fsp3) is 0.350. The van der Waals surface area contributed by atoms with Gasteiger partial charge in [-0.2, -0.15) is 10.2 Å². The normalized spacial score (nSPS) is 11.0. The Hall–Kier alpha value is -2.60. The molecule has 0 aliphatic rings. The molecular weight excluding hydrogens is 362 g/mol. The topological polar surface area (TPSA) is 64.7 Å². The molecule has 6 nitrogen and oxygen atoms in total. The minimum atomic E-state index is -0.0538. The molecule has 0 radical (unpaired) electrons. The molecule has 0 bridgehead atoms. The van der Waals surface area contributed by atoms with E-state index in [9.17, 15) is 4.79 Å². The van der Waals surface area contributed by atoms with Crippen LogP contribution in [0.2, 0.25) is 5.02 Å². The number of anilines is 1. The van der Waals surface area contributed by atoms with Crippen molar-refractivity contribution in [2.75, 3.05) is 5.32 Å². The highest BCUT2D eigenvalue weighted by atomic mass is 35.5. The van der Waals surface area contributed by atoms with Crippen molar-refractivity contribution >= 4 is 23.2 Å². The zero-order valence-corrected chi connectivity index (χ0v) is 16.8. The van der Waals surface area contributed by atoms with Crippen LogP contribution in [-0.4, -0.2) is 25.5 Å². The first-order chi connectivity index (χ1) is 12.8. The number of halogens is 1. The number of hydrogen-bond donors (Lipinski definition) is 1. The Morgan fingerprint density at radius 1 is 1.11 bits per heavy atom. The summed E-state index contributed by atoms with van der Waals surface area (Å²) in [7, 11) is 0. The number of rotatable bonds is 6. The number of carbonyl (C=O) groups excluding carboxylic acids is 1. The molecule has 1 aromatic carbocycles. The highest BCUT2D eigenvalue weighted by molar-refractivity contribution is 6.31. The molecule has 1 amide bonds. The monoisotopic (exact) mass is 385 g/mol. The van der Waals surface area contributed by atoms with Crippen LogP contribution in [0.4, 0.5) is 5.69 Å². The largest absolute Gasteiger partial charge is 0.326 e. The summed E-state index contributed by atoms with van der Waals surface area (Å²) in [5, 5.41) is 12.5. The second kappa shape index (κ2) is 7.96. The van der Waals surface area contributed by atoms with Gasteiger partial charge in [0.25, 0.3) is 0 Å². The van der Waals surface area contributed by atoms with Crippen LogP contribution in [0.25, 0.3) is 0 Å². The van der Waals surface area contributed by atoms with E-state index in [2.05, 4.69) is 21.6 Å². The average Bonchev–Trinajstić information content (AvgIpc) is 3.06. The summed E-state index contributed by atoms with van der Waals surface area (Å²) < 4.78 is 3.74. The lowest BCUT2D eigenvalue weighted by Gasteiger charge is -2.09. The van der Waals surface area contributed by atoms with Crippen LogP contribution in [-0.2, 0) is 17.9 Å². The molecule has 2 aromatic heterocycles. The van der Waals surface area contributed by atoms with Crippen LogP contribution in [0, 0.1) is 27.7 Å².